The van der Waals surface area contributed by atoms with Gasteiger partial charge in [0.2, 0.25) is 0 Å². The highest BCUT2D eigenvalue weighted by molar-refractivity contribution is 5.83. The summed E-state index contributed by atoms with van der Waals surface area (Å²) in [5, 5.41) is 11.0. The zero-order valence-corrected chi connectivity index (χ0v) is 9.80. The third-order valence-electron chi connectivity index (χ3n) is 2.60. The van der Waals surface area contributed by atoms with Crippen molar-refractivity contribution in [2.45, 2.75) is 19.4 Å². The van der Waals surface area contributed by atoms with Crippen molar-refractivity contribution >= 4 is 18.0 Å². The summed E-state index contributed by atoms with van der Waals surface area (Å²) >= 11 is 0. The van der Waals surface area contributed by atoms with Gasteiger partial charge >= 0.3 is 18.0 Å². The maximum absolute atomic E-state index is 11.5. The normalized spacial score (nSPS) is 16.9. The fourth-order valence-electron chi connectivity index (χ4n) is 1.62. The van der Waals surface area contributed by atoms with E-state index in [0.29, 0.717) is 13.1 Å². The topological polar surface area (TPSA) is 95.9 Å². The molecule has 0 aromatic carbocycles. The molecule has 0 spiro atoms. The molecule has 7 nitrogen and oxygen atoms in total. The maximum atomic E-state index is 11.5. The number of rotatable bonds is 4. The van der Waals surface area contributed by atoms with Gasteiger partial charge in [0.1, 0.15) is 6.04 Å². The summed E-state index contributed by atoms with van der Waals surface area (Å²) < 4.78 is 4.47. The lowest BCUT2D eigenvalue weighted by atomic mass is 9.97. The molecule has 0 aromatic rings. The van der Waals surface area contributed by atoms with Crippen molar-refractivity contribution in [1.29, 1.82) is 0 Å². The second-order valence-corrected chi connectivity index (χ2v) is 4.06. The number of esters is 1. The average Bonchev–Trinajstić information content (AvgIpc) is 2.20. The van der Waals surface area contributed by atoms with Crippen molar-refractivity contribution in [3.05, 3.63) is 0 Å². The average molecular weight is 244 g/mol. The van der Waals surface area contributed by atoms with Gasteiger partial charge in [0.05, 0.1) is 13.5 Å². The number of nitrogens with one attached hydrogen (secondary N) is 1. The van der Waals surface area contributed by atoms with Crippen LogP contribution in [0.4, 0.5) is 4.79 Å². The van der Waals surface area contributed by atoms with Crippen LogP contribution in [-0.2, 0) is 14.3 Å². The Kier molecular flexibility index (Phi) is 4.30. The summed E-state index contributed by atoms with van der Waals surface area (Å²) in [5.41, 5.74) is 0. The van der Waals surface area contributed by atoms with Crippen molar-refractivity contribution in [2.24, 2.45) is 5.92 Å². The second kappa shape index (κ2) is 5.51. The van der Waals surface area contributed by atoms with E-state index in [1.807, 2.05) is 0 Å². The van der Waals surface area contributed by atoms with E-state index >= 15 is 0 Å². The predicted octanol–water partition coefficient (Wildman–Crippen LogP) is -0.336. The molecule has 96 valence electrons. The van der Waals surface area contributed by atoms with Gasteiger partial charge in [-0.15, -0.1) is 0 Å². The molecule has 17 heavy (non-hydrogen) atoms. The third kappa shape index (κ3) is 3.61. The maximum Gasteiger partial charge on any atom is 0.328 e. The number of carboxylic acid groups (broad SMARTS) is 1. The Bertz CT molecular complexity index is 325. The molecule has 0 aromatic heterocycles. The fourth-order valence-corrected chi connectivity index (χ4v) is 1.62. The van der Waals surface area contributed by atoms with Crippen LogP contribution in [0.25, 0.3) is 0 Å². The van der Waals surface area contributed by atoms with Crippen LogP contribution in [0.2, 0.25) is 0 Å². The lowest BCUT2D eigenvalue weighted by molar-refractivity contribution is -0.142. The summed E-state index contributed by atoms with van der Waals surface area (Å²) in [6, 6.07) is -1.07. The van der Waals surface area contributed by atoms with E-state index in [9.17, 15) is 14.4 Å². The lowest BCUT2D eigenvalue weighted by Crippen LogP contribution is -2.56. The fraction of sp³-hybridized carbons (Fsp3) is 0.700. The van der Waals surface area contributed by atoms with Crippen LogP contribution in [0.1, 0.15) is 13.3 Å². The van der Waals surface area contributed by atoms with Gasteiger partial charge in [-0.2, -0.15) is 0 Å². The number of methoxy groups -OCH3 is 1. The first-order valence-corrected chi connectivity index (χ1v) is 5.29. The van der Waals surface area contributed by atoms with Crippen LogP contribution in [0.3, 0.4) is 0 Å². The molecule has 2 N–H and O–H groups in total. The Hall–Kier alpha value is -1.79. The molecule has 1 saturated heterocycles. The quantitative estimate of drug-likeness (QED) is 0.660. The van der Waals surface area contributed by atoms with E-state index in [4.69, 9.17) is 5.11 Å². The van der Waals surface area contributed by atoms with Crippen molar-refractivity contribution in [3.63, 3.8) is 0 Å². The predicted molar refractivity (Wildman–Crippen MR) is 57.3 cm³/mol. The highest BCUT2D eigenvalue weighted by atomic mass is 16.5. The number of likely N-dealkylation sites (tertiary alicyclic amines) is 1. The highest BCUT2D eigenvalue weighted by Crippen LogP contribution is 2.18. The van der Waals surface area contributed by atoms with E-state index in [1.54, 1.807) is 0 Å². The number of carbonyl (C=O) groups is 3. The molecular weight excluding hydrogens is 228 g/mol. The number of amides is 2. The molecule has 1 atom stereocenters. The van der Waals surface area contributed by atoms with Crippen LogP contribution in [0.5, 0.6) is 0 Å². The number of hydrogen-bond acceptors (Lipinski definition) is 4. The summed E-state index contributed by atoms with van der Waals surface area (Å²) in [7, 11) is 1.25. The summed E-state index contributed by atoms with van der Waals surface area (Å²) in [6.45, 7) is 2.34. The molecule has 0 aliphatic carbocycles. The van der Waals surface area contributed by atoms with Gasteiger partial charge in [-0.25, -0.2) is 9.59 Å². The molecule has 1 aliphatic rings. The SMILES string of the molecule is COC(=O)C(C)NC(=O)N1CC(CC(=O)O)C1. The zero-order valence-electron chi connectivity index (χ0n) is 9.80. The molecule has 1 heterocycles. The van der Waals surface area contributed by atoms with Gasteiger partial charge in [-0.1, -0.05) is 0 Å². The molecule has 1 unspecified atom stereocenters. The standard InChI is InChI=1S/C10H16N2O5/c1-6(9(15)17-2)11-10(16)12-4-7(5-12)3-8(13)14/h6-7H,3-5H2,1-2H3,(H,11,16)(H,13,14). The van der Waals surface area contributed by atoms with Crippen molar-refractivity contribution < 1.29 is 24.2 Å². The van der Waals surface area contributed by atoms with Gasteiger partial charge in [-0.05, 0) is 6.92 Å². The van der Waals surface area contributed by atoms with Gasteiger partial charge in [0, 0.05) is 19.0 Å². The molecule has 1 rings (SSSR count). The summed E-state index contributed by atoms with van der Waals surface area (Å²) in [6.07, 6.45) is 0.0658. The molecule has 7 heteroatoms. The van der Waals surface area contributed by atoms with Gasteiger partial charge in [0.15, 0.2) is 0 Å². The van der Waals surface area contributed by atoms with Crippen LogP contribution >= 0.6 is 0 Å². The van der Waals surface area contributed by atoms with E-state index in [-0.39, 0.29) is 18.4 Å². The number of hydrogen-bond donors (Lipinski definition) is 2. The summed E-state index contributed by atoms with van der Waals surface area (Å²) in [4.78, 5) is 34.5. The Morgan fingerprint density at radius 1 is 1.47 bits per heavy atom. The molecular formula is C10H16N2O5. The molecule has 0 bridgehead atoms. The smallest absolute Gasteiger partial charge is 0.328 e. The monoisotopic (exact) mass is 244 g/mol. The highest BCUT2D eigenvalue weighted by Gasteiger charge is 2.33. The van der Waals surface area contributed by atoms with Gasteiger partial charge in [0.25, 0.3) is 0 Å². The molecule has 1 aliphatic heterocycles. The van der Waals surface area contributed by atoms with Gasteiger partial charge in [-0.3, -0.25) is 4.79 Å². The molecule has 0 saturated carbocycles. The minimum atomic E-state index is -0.863. The first kappa shape index (κ1) is 13.3. The number of ether oxygens (including phenoxy) is 1. The Balaban J connectivity index is 2.28. The van der Waals surface area contributed by atoms with Crippen LogP contribution in [0, 0.1) is 5.92 Å². The van der Waals surface area contributed by atoms with E-state index in [2.05, 4.69) is 10.1 Å². The number of carbonyl (C=O) groups excluding carboxylic acids is 2. The Morgan fingerprint density at radius 3 is 2.53 bits per heavy atom. The van der Waals surface area contributed by atoms with Crippen LogP contribution in [-0.4, -0.2) is 54.2 Å². The largest absolute Gasteiger partial charge is 0.481 e. The van der Waals surface area contributed by atoms with Crippen molar-refractivity contribution in [2.75, 3.05) is 20.2 Å². The minimum Gasteiger partial charge on any atom is -0.481 e. The third-order valence-corrected chi connectivity index (χ3v) is 2.60. The first-order valence-electron chi connectivity index (χ1n) is 5.29. The van der Waals surface area contributed by atoms with Gasteiger partial charge < -0.3 is 20.1 Å². The molecule has 0 radical (unpaired) electrons. The second-order valence-electron chi connectivity index (χ2n) is 4.06. The number of nitrogens with zero attached hydrogens (tertiary/aromatic N) is 1. The van der Waals surface area contributed by atoms with E-state index in [0.717, 1.165) is 0 Å². The van der Waals surface area contributed by atoms with E-state index in [1.165, 1.54) is 18.9 Å². The molecule has 2 amide bonds. The lowest BCUT2D eigenvalue weighted by Gasteiger charge is -2.38. The van der Waals surface area contributed by atoms with Crippen LogP contribution < -0.4 is 5.32 Å². The molecule has 1 fully saturated rings. The number of aliphatic carboxylic acids is 1. The number of carboxylic acids is 1. The Labute approximate surface area is 98.7 Å². The first-order chi connectivity index (χ1) is 7.93. The zero-order chi connectivity index (χ0) is 13.0. The number of urea groups is 1. The van der Waals surface area contributed by atoms with Crippen molar-refractivity contribution in [3.8, 4) is 0 Å². The van der Waals surface area contributed by atoms with Crippen molar-refractivity contribution in [1.82, 2.24) is 10.2 Å². The summed E-state index contributed by atoms with van der Waals surface area (Å²) in [5.74, 6) is -1.37. The van der Waals surface area contributed by atoms with Crippen LogP contribution in [0.15, 0.2) is 0 Å². The Morgan fingerprint density at radius 2 is 2.06 bits per heavy atom. The van der Waals surface area contributed by atoms with E-state index < -0.39 is 18.0 Å². The minimum absolute atomic E-state index is 0.00619.